The average molecular weight is 313 g/mol. The predicted molar refractivity (Wildman–Crippen MR) is 89.6 cm³/mol. The molecule has 1 amide bonds. The van der Waals surface area contributed by atoms with Crippen molar-refractivity contribution in [2.24, 2.45) is 0 Å². The molecule has 4 heteroatoms. The molecular formula is C19H20FNO2. The van der Waals surface area contributed by atoms with Gasteiger partial charge in [0.1, 0.15) is 11.6 Å². The third-order valence-corrected chi connectivity index (χ3v) is 3.35. The summed E-state index contributed by atoms with van der Waals surface area (Å²) in [5.41, 5.74) is 1.77. The molecule has 0 aliphatic carbocycles. The van der Waals surface area contributed by atoms with Crippen LogP contribution in [0.25, 0.3) is 6.08 Å². The van der Waals surface area contributed by atoms with Crippen LogP contribution >= 0.6 is 0 Å². The molecule has 1 atom stereocenters. The van der Waals surface area contributed by atoms with Crippen LogP contribution in [0.4, 0.5) is 4.39 Å². The van der Waals surface area contributed by atoms with Gasteiger partial charge in [-0.3, -0.25) is 4.79 Å². The molecule has 2 aromatic carbocycles. The van der Waals surface area contributed by atoms with Crippen LogP contribution in [0.3, 0.4) is 0 Å². The van der Waals surface area contributed by atoms with Gasteiger partial charge in [-0.15, -0.1) is 0 Å². The zero-order chi connectivity index (χ0) is 16.7. The van der Waals surface area contributed by atoms with E-state index in [0.29, 0.717) is 6.61 Å². The van der Waals surface area contributed by atoms with E-state index in [4.69, 9.17) is 4.74 Å². The van der Waals surface area contributed by atoms with Crippen LogP contribution in [-0.4, -0.2) is 12.5 Å². The van der Waals surface area contributed by atoms with E-state index in [1.54, 1.807) is 18.2 Å². The lowest BCUT2D eigenvalue weighted by Gasteiger charge is -2.12. The van der Waals surface area contributed by atoms with Gasteiger partial charge in [0.2, 0.25) is 5.91 Å². The summed E-state index contributed by atoms with van der Waals surface area (Å²) >= 11 is 0. The summed E-state index contributed by atoms with van der Waals surface area (Å²) in [7, 11) is 0. The Labute approximate surface area is 135 Å². The van der Waals surface area contributed by atoms with Crippen molar-refractivity contribution in [1.82, 2.24) is 5.32 Å². The maximum Gasteiger partial charge on any atom is 0.244 e. The van der Waals surface area contributed by atoms with Crippen molar-refractivity contribution in [3.05, 3.63) is 71.6 Å². The molecule has 23 heavy (non-hydrogen) atoms. The van der Waals surface area contributed by atoms with Crippen LogP contribution in [0.1, 0.15) is 31.0 Å². The Kier molecular flexibility index (Phi) is 5.92. The molecule has 2 aromatic rings. The normalized spacial score (nSPS) is 12.1. The first-order valence-corrected chi connectivity index (χ1v) is 7.55. The standard InChI is InChI=1S/C19H20FNO2/c1-3-23-18-11-4-15(5-12-18)6-13-19(22)21-14(2)16-7-9-17(20)10-8-16/h4-14H,3H2,1-2H3,(H,21,22)/b13-6+/t14-/m0/s1. The van der Waals surface area contributed by atoms with Crippen LogP contribution in [0.2, 0.25) is 0 Å². The summed E-state index contributed by atoms with van der Waals surface area (Å²) in [6.45, 7) is 4.41. The van der Waals surface area contributed by atoms with Crippen molar-refractivity contribution < 1.29 is 13.9 Å². The maximum atomic E-state index is 12.9. The number of hydrogen-bond donors (Lipinski definition) is 1. The quantitative estimate of drug-likeness (QED) is 0.815. The molecule has 0 saturated heterocycles. The second-order valence-electron chi connectivity index (χ2n) is 5.12. The number of nitrogens with one attached hydrogen (secondary N) is 1. The number of hydrogen-bond acceptors (Lipinski definition) is 2. The molecular weight excluding hydrogens is 293 g/mol. The van der Waals surface area contributed by atoms with Crippen molar-refractivity contribution in [3.8, 4) is 5.75 Å². The van der Waals surface area contributed by atoms with E-state index in [0.717, 1.165) is 16.9 Å². The number of carbonyl (C=O) groups is 1. The first-order chi connectivity index (χ1) is 11.1. The van der Waals surface area contributed by atoms with Gasteiger partial charge in [-0.2, -0.15) is 0 Å². The Morgan fingerprint density at radius 3 is 2.43 bits per heavy atom. The van der Waals surface area contributed by atoms with Gasteiger partial charge < -0.3 is 10.1 Å². The van der Waals surface area contributed by atoms with Crippen LogP contribution in [-0.2, 0) is 4.79 Å². The van der Waals surface area contributed by atoms with Gasteiger partial charge in [-0.1, -0.05) is 24.3 Å². The Balaban J connectivity index is 1.91. The lowest BCUT2D eigenvalue weighted by atomic mass is 10.1. The van der Waals surface area contributed by atoms with Crippen molar-refractivity contribution in [3.63, 3.8) is 0 Å². The molecule has 3 nitrogen and oxygen atoms in total. The van der Waals surface area contributed by atoms with Gasteiger partial charge in [0.05, 0.1) is 12.6 Å². The summed E-state index contributed by atoms with van der Waals surface area (Å²) in [5.74, 6) is 0.317. The lowest BCUT2D eigenvalue weighted by Crippen LogP contribution is -2.24. The van der Waals surface area contributed by atoms with E-state index in [9.17, 15) is 9.18 Å². The van der Waals surface area contributed by atoms with Crippen LogP contribution in [0.5, 0.6) is 5.75 Å². The molecule has 0 aromatic heterocycles. The third-order valence-electron chi connectivity index (χ3n) is 3.35. The van der Waals surface area contributed by atoms with Crippen LogP contribution in [0, 0.1) is 5.82 Å². The van der Waals surface area contributed by atoms with E-state index in [-0.39, 0.29) is 17.8 Å². The average Bonchev–Trinajstić information content (AvgIpc) is 2.55. The lowest BCUT2D eigenvalue weighted by molar-refractivity contribution is -0.117. The topological polar surface area (TPSA) is 38.3 Å². The van der Waals surface area contributed by atoms with Crippen molar-refractivity contribution in [1.29, 1.82) is 0 Å². The zero-order valence-corrected chi connectivity index (χ0v) is 13.3. The fraction of sp³-hybridized carbons (Fsp3) is 0.211. The van der Waals surface area contributed by atoms with E-state index in [1.165, 1.54) is 18.2 Å². The van der Waals surface area contributed by atoms with E-state index in [2.05, 4.69) is 5.32 Å². The number of halogens is 1. The minimum absolute atomic E-state index is 0.187. The fourth-order valence-corrected chi connectivity index (χ4v) is 2.11. The van der Waals surface area contributed by atoms with E-state index < -0.39 is 0 Å². The van der Waals surface area contributed by atoms with Crippen molar-refractivity contribution in [2.45, 2.75) is 19.9 Å². The van der Waals surface area contributed by atoms with Crippen molar-refractivity contribution >= 4 is 12.0 Å². The highest BCUT2D eigenvalue weighted by Gasteiger charge is 2.07. The Morgan fingerprint density at radius 1 is 1.17 bits per heavy atom. The van der Waals surface area contributed by atoms with Gasteiger partial charge in [0, 0.05) is 6.08 Å². The molecule has 1 N–H and O–H groups in total. The summed E-state index contributed by atoms with van der Waals surface area (Å²) in [5, 5.41) is 2.84. The number of benzene rings is 2. The van der Waals surface area contributed by atoms with Gasteiger partial charge in [0.15, 0.2) is 0 Å². The zero-order valence-electron chi connectivity index (χ0n) is 13.3. The summed E-state index contributed by atoms with van der Waals surface area (Å²) in [6, 6.07) is 13.4. The van der Waals surface area contributed by atoms with Crippen molar-refractivity contribution in [2.75, 3.05) is 6.61 Å². The highest BCUT2D eigenvalue weighted by molar-refractivity contribution is 5.91. The Bertz CT molecular complexity index is 663. The number of carbonyl (C=O) groups excluding carboxylic acids is 1. The smallest absolute Gasteiger partial charge is 0.244 e. The number of amides is 1. The Hall–Kier alpha value is -2.62. The molecule has 120 valence electrons. The first kappa shape index (κ1) is 16.7. The minimum Gasteiger partial charge on any atom is -0.494 e. The molecule has 0 aliphatic heterocycles. The fourth-order valence-electron chi connectivity index (χ4n) is 2.11. The van der Waals surface area contributed by atoms with E-state index in [1.807, 2.05) is 38.1 Å². The third kappa shape index (κ3) is 5.25. The van der Waals surface area contributed by atoms with Gasteiger partial charge in [-0.05, 0) is 55.3 Å². The molecule has 0 saturated carbocycles. The highest BCUT2D eigenvalue weighted by Crippen LogP contribution is 2.14. The number of rotatable bonds is 6. The summed E-state index contributed by atoms with van der Waals surface area (Å²) < 4.78 is 18.3. The van der Waals surface area contributed by atoms with Crippen LogP contribution < -0.4 is 10.1 Å². The largest absolute Gasteiger partial charge is 0.494 e. The molecule has 2 rings (SSSR count). The second kappa shape index (κ2) is 8.13. The predicted octanol–water partition coefficient (Wildman–Crippen LogP) is 4.12. The van der Waals surface area contributed by atoms with Gasteiger partial charge in [0.25, 0.3) is 0 Å². The summed E-state index contributed by atoms with van der Waals surface area (Å²) in [4.78, 5) is 11.9. The summed E-state index contributed by atoms with van der Waals surface area (Å²) in [6.07, 6.45) is 3.22. The molecule has 0 bridgehead atoms. The van der Waals surface area contributed by atoms with Gasteiger partial charge in [-0.25, -0.2) is 4.39 Å². The van der Waals surface area contributed by atoms with E-state index >= 15 is 0 Å². The molecule has 0 unspecified atom stereocenters. The maximum absolute atomic E-state index is 12.9. The molecule has 0 fully saturated rings. The number of ether oxygens (including phenoxy) is 1. The molecule has 0 aliphatic rings. The molecule has 0 radical (unpaired) electrons. The molecule has 0 spiro atoms. The Morgan fingerprint density at radius 2 is 1.83 bits per heavy atom. The first-order valence-electron chi connectivity index (χ1n) is 7.55. The molecule has 0 heterocycles. The minimum atomic E-state index is -0.289. The van der Waals surface area contributed by atoms with Gasteiger partial charge >= 0.3 is 0 Å². The SMILES string of the molecule is CCOc1ccc(/C=C/C(=O)N[C@@H](C)c2ccc(F)cc2)cc1. The second-order valence-corrected chi connectivity index (χ2v) is 5.12. The van der Waals surface area contributed by atoms with Crippen LogP contribution in [0.15, 0.2) is 54.6 Å². The monoisotopic (exact) mass is 313 g/mol. The highest BCUT2D eigenvalue weighted by atomic mass is 19.1.